The van der Waals surface area contributed by atoms with Gasteiger partial charge in [0.05, 0.1) is 16.7 Å². The molecule has 1 unspecified atom stereocenters. The fourth-order valence-electron chi connectivity index (χ4n) is 3.51. The van der Waals surface area contributed by atoms with E-state index in [9.17, 15) is 4.79 Å². The zero-order valence-electron chi connectivity index (χ0n) is 15.0. The average molecular weight is 372 g/mol. The lowest BCUT2D eigenvalue weighted by Gasteiger charge is -2.35. The zero-order valence-corrected chi connectivity index (χ0v) is 15.8. The Labute approximate surface area is 157 Å². The third-order valence-electron chi connectivity index (χ3n) is 4.92. The molecular weight excluding hydrogens is 348 g/mol. The van der Waals surface area contributed by atoms with Gasteiger partial charge in [0.25, 0.3) is 0 Å². The summed E-state index contributed by atoms with van der Waals surface area (Å²) in [6, 6.07) is 8.08. The zero-order chi connectivity index (χ0) is 17.9. The summed E-state index contributed by atoms with van der Waals surface area (Å²) in [5, 5.41) is 6.36. The summed E-state index contributed by atoms with van der Waals surface area (Å²) in [4.78, 5) is 21.4. The van der Waals surface area contributed by atoms with Gasteiger partial charge in [0.2, 0.25) is 0 Å². The summed E-state index contributed by atoms with van der Waals surface area (Å²) in [6.07, 6.45) is 0.824. The Morgan fingerprint density at radius 3 is 2.88 bits per heavy atom. The molecule has 7 heteroatoms. The Balaban J connectivity index is 1.25. The maximum Gasteiger partial charge on any atom is 0.317 e. The minimum absolute atomic E-state index is 0.0159. The predicted molar refractivity (Wildman–Crippen MR) is 102 cm³/mol. The molecule has 1 atom stereocenters. The predicted octanol–water partition coefficient (Wildman–Crippen LogP) is 2.28. The molecular formula is C19H24N4O2S. The molecule has 0 spiro atoms. The summed E-state index contributed by atoms with van der Waals surface area (Å²) in [5.41, 5.74) is 2.29. The Morgan fingerprint density at radius 1 is 1.31 bits per heavy atom. The first-order chi connectivity index (χ1) is 12.7. The van der Waals surface area contributed by atoms with Crippen LogP contribution in [0.3, 0.4) is 0 Å². The number of nitrogens with one attached hydrogen (secondary N) is 1. The lowest BCUT2D eigenvalue weighted by molar-refractivity contribution is 0.129. The van der Waals surface area contributed by atoms with E-state index in [1.165, 1.54) is 0 Å². The largest absolute Gasteiger partial charge is 0.491 e. The van der Waals surface area contributed by atoms with Crippen LogP contribution in [-0.2, 0) is 13.0 Å². The van der Waals surface area contributed by atoms with Crippen LogP contribution >= 0.6 is 11.3 Å². The molecule has 26 heavy (non-hydrogen) atoms. The van der Waals surface area contributed by atoms with Gasteiger partial charge in [-0.25, -0.2) is 9.78 Å². The minimum Gasteiger partial charge on any atom is -0.491 e. The summed E-state index contributed by atoms with van der Waals surface area (Å²) in [5.74, 6) is 0.934. The third kappa shape index (κ3) is 3.99. The number of aryl methyl sites for hydroxylation is 1. The minimum atomic E-state index is 0.0159. The van der Waals surface area contributed by atoms with Crippen LogP contribution in [0.2, 0.25) is 0 Å². The van der Waals surface area contributed by atoms with Crippen molar-refractivity contribution in [3.8, 4) is 5.75 Å². The van der Waals surface area contributed by atoms with Crippen molar-refractivity contribution >= 4 is 17.4 Å². The molecule has 0 bridgehead atoms. The number of aromatic nitrogens is 1. The SMILES string of the molecule is Cc1nc(CN2CCN(C(=O)NC3COc4ccccc4C3)CC2)cs1. The van der Waals surface area contributed by atoms with Crippen molar-refractivity contribution < 1.29 is 9.53 Å². The van der Waals surface area contributed by atoms with Gasteiger partial charge in [0, 0.05) is 38.1 Å². The third-order valence-corrected chi connectivity index (χ3v) is 5.74. The van der Waals surface area contributed by atoms with Crippen molar-refractivity contribution in [3.63, 3.8) is 0 Å². The molecule has 1 aromatic heterocycles. The summed E-state index contributed by atoms with van der Waals surface area (Å²) in [6.45, 7) is 6.70. The maximum absolute atomic E-state index is 12.6. The number of urea groups is 1. The fraction of sp³-hybridized carbons (Fsp3) is 0.474. The number of piperazine rings is 1. The number of amides is 2. The van der Waals surface area contributed by atoms with Crippen LogP contribution in [0.5, 0.6) is 5.75 Å². The van der Waals surface area contributed by atoms with Crippen LogP contribution in [0.15, 0.2) is 29.6 Å². The average Bonchev–Trinajstić information content (AvgIpc) is 3.07. The molecule has 3 heterocycles. The van der Waals surface area contributed by atoms with Gasteiger partial charge in [-0.2, -0.15) is 0 Å². The number of fused-ring (bicyclic) bond motifs is 1. The van der Waals surface area contributed by atoms with Gasteiger partial charge < -0.3 is 15.0 Å². The number of nitrogens with zero attached hydrogens (tertiary/aromatic N) is 3. The number of carbonyl (C=O) groups is 1. The van der Waals surface area contributed by atoms with Crippen molar-refractivity contribution in [2.75, 3.05) is 32.8 Å². The van der Waals surface area contributed by atoms with Crippen LogP contribution in [0.1, 0.15) is 16.3 Å². The van der Waals surface area contributed by atoms with E-state index in [4.69, 9.17) is 4.74 Å². The lowest BCUT2D eigenvalue weighted by Crippen LogP contribution is -2.54. The topological polar surface area (TPSA) is 57.7 Å². The van der Waals surface area contributed by atoms with E-state index >= 15 is 0 Å². The van der Waals surface area contributed by atoms with Gasteiger partial charge in [0.15, 0.2) is 0 Å². The number of benzene rings is 1. The van der Waals surface area contributed by atoms with Gasteiger partial charge >= 0.3 is 6.03 Å². The highest BCUT2D eigenvalue weighted by Gasteiger charge is 2.26. The summed E-state index contributed by atoms with van der Waals surface area (Å²) in [7, 11) is 0. The Kier molecular flexibility index (Phi) is 5.08. The molecule has 2 amide bonds. The van der Waals surface area contributed by atoms with E-state index in [0.717, 1.165) is 61.2 Å². The number of hydrogen-bond acceptors (Lipinski definition) is 5. The first-order valence-corrected chi connectivity index (χ1v) is 9.95. The van der Waals surface area contributed by atoms with E-state index in [-0.39, 0.29) is 12.1 Å². The molecule has 0 aliphatic carbocycles. The van der Waals surface area contributed by atoms with Gasteiger partial charge in [-0.05, 0) is 25.0 Å². The molecule has 6 nitrogen and oxygen atoms in total. The summed E-state index contributed by atoms with van der Waals surface area (Å²) < 4.78 is 5.76. The second-order valence-corrected chi connectivity index (χ2v) is 7.95. The number of thiazole rings is 1. The summed E-state index contributed by atoms with van der Waals surface area (Å²) >= 11 is 1.69. The van der Waals surface area contributed by atoms with Gasteiger partial charge in [-0.15, -0.1) is 11.3 Å². The molecule has 1 aromatic carbocycles. The molecule has 1 saturated heterocycles. The fourth-order valence-corrected chi connectivity index (χ4v) is 4.11. The molecule has 1 fully saturated rings. The molecule has 1 N–H and O–H groups in total. The van der Waals surface area contributed by atoms with Crippen molar-refractivity contribution in [1.82, 2.24) is 20.1 Å². The molecule has 2 aliphatic rings. The van der Waals surface area contributed by atoms with Crippen molar-refractivity contribution in [2.24, 2.45) is 0 Å². The van der Waals surface area contributed by atoms with Crippen LogP contribution in [0, 0.1) is 6.92 Å². The van der Waals surface area contributed by atoms with Crippen molar-refractivity contribution in [3.05, 3.63) is 45.9 Å². The molecule has 2 aliphatic heterocycles. The van der Waals surface area contributed by atoms with Crippen LogP contribution in [0.4, 0.5) is 4.79 Å². The van der Waals surface area contributed by atoms with Gasteiger partial charge in [-0.3, -0.25) is 4.90 Å². The molecule has 0 saturated carbocycles. The lowest BCUT2D eigenvalue weighted by atomic mass is 10.0. The first-order valence-electron chi connectivity index (χ1n) is 9.07. The van der Waals surface area contributed by atoms with Crippen molar-refractivity contribution in [1.29, 1.82) is 0 Å². The number of rotatable bonds is 3. The molecule has 4 rings (SSSR count). The first kappa shape index (κ1) is 17.3. The Morgan fingerprint density at radius 2 is 2.12 bits per heavy atom. The standard InChI is InChI=1S/C19H24N4O2S/c1-14-20-17(13-26-14)11-22-6-8-23(9-7-22)19(24)21-16-10-15-4-2-3-5-18(15)25-12-16/h2-5,13,16H,6-12H2,1H3,(H,21,24). The second kappa shape index (κ2) is 7.63. The van der Waals surface area contributed by atoms with Gasteiger partial charge in [0.1, 0.15) is 12.4 Å². The van der Waals surface area contributed by atoms with E-state index < -0.39 is 0 Å². The second-order valence-electron chi connectivity index (χ2n) is 6.89. The molecule has 0 radical (unpaired) electrons. The number of para-hydroxylation sites is 1. The van der Waals surface area contributed by atoms with Crippen LogP contribution in [-0.4, -0.2) is 59.6 Å². The normalized spacial score (nSPS) is 20.3. The van der Waals surface area contributed by atoms with E-state index in [1.54, 1.807) is 11.3 Å². The van der Waals surface area contributed by atoms with Crippen molar-refractivity contribution in [2.45, 2.75) is 25.9 Å². The monoisotopic (exact) mass is 372 g/mol. The maximum atomic E-state index is 12.6. The highest BCUT2D eigenvalue weighted by molar-refractivity contribution is 7.09. The van der Waals surface area contributed by atoms with E-state index in [2.05, 4.69) is 26.6 Å². The Hall–Kier alpha value is -2.12. The smallest absolute Gasteiger partial charge is 0.317 e. The highest BCUT2D eigenvalue weighted by Crippen LogP contribution is 2.24. The highest BCUT2D eigenvalue weighted by atomic mass is 32.1. The van der Waals surface area contributed by atoms with Crippen LogP contribution in [0.25, 0.3) is 0 Å². The van der Waals surface area contributed by atoms with Gasteiger partial charge in [-0.1, -0.05) is 18.2 Å². The molecule has 2 aromatic rings. The van der Waals surface area contributed by atoms with E-state index in [0.29, 0.717) is 6.61 Å². The quantitative estimate of drug-likeness (QED) is 0.898. The number of carbonyl (C=O) groups excluding carboxylic acids is 1. The van der Waals surface area contributed by atoms with Crippen LogP contribution < -0.4 is 10.1 Å². The number of hydrogen-bond donors (Lipinski definition) is 1. The number of ether oxygens (including phenoxy) is 1. The molecule has 138 valence electrons. The Bertz CT molecular complexity index is 770. The van der Waals surface area contributed by atoms with E-state index in [1.807, 2.05) is 30.0 Å².